The molecule has 0 aliphatic carbocycles. The molecule has 8 nitrogen and oxygen atoms in total. The number of methoxy groups -OCH3 is 1. The van der Waals surface area contributed by atoms with Crippen LogP contribution in [0.2, 0.25) is 0 Å². The van der Waals surface area contributed by atoms with Gasteiger partial charge in [0.05, 0.1) is 7.11 Å². The zero-order valence-electron chi connectivity index (χ0n) is 7.35. The second-order valence-corrected chi connectivity index (χ2v) is 3.86. The van der Waals surface area contributed by atoms with Gasteiger partial charge >= 0.3 is 5.97 Å². The normalized spacial score (nSPS) is 10.9. The average Bonchev–Trinajstić information content (AvgIpc) is 2.02. The summed E-state index contributed by atoms with van der Waals surface area (Å²) < 4.78 is 25.9. The first-order valence-corrected chi connectivity index (χ1v) is 4.99. The third kappa shape index (κ3) is 6.34. The fourth-order valence-electron chi connectivity index (χ4n) is 0.434. The second kappa shape index (κ2) is 5.52. The summed E-state index contributed by atoms with van der Waals surface area (Å²) in [4.78, 5) is 26.4. The van der Waals surface area contributed by atoms with Crippen LogP contribution in [0.3, 0.4) is 0 Å². The summed E-state index contributed by atoms with van der Waals surface area (Å²) in [5.41, 5.74) is 4.66. The van der Waals surface area contributed by atoms with Crippen molar-refractivity contribution in [1.29, 1.82) is 0 Å². The number of sulfonamides is 1. The number of primary amides is 1. The molecule has 14 heavy (non-hydrogen) atoms. The van der Waals surface area contributed by atoms with Crippen LogP contribution in [0, 0.1) is 0 Å². The minimum absolute atomic E-state index is 0.611. The van der Waals surface area contributed by atoms with Gasteiger partial charge in [-0.25, -0.2) is 8.42 Å². The van der Waals surface area contributed by atoms with Crippen LogP contribution >= 0.6 is 0 Å². The lowest BCUT2D eigenvalue weighted by molar-refractivity contribution is -0.137. The maximum Gasteiger partial charge on any atom is 0.322 e. The van der Waals surface area contributed by atoms with Crippen LogP contribution in [-0.4, -0.2) is 39.8 Å². The molecule has 0 fully saturated rings. The monoisotopic (exact) mass is 226 g/mol. The molecule has 9 heteroatoms. The number of carbonyl (C=O) groups excluding carboxylic acids is 2. The van der Waals surface area contributed by atoms with Crippen molar-refractivity contribution in [3.63, 3.8) is 0 Å². The summed E-state index contributed by atoms with van der Waals surface area (Å²) in [5.74, 6) is -2.67. The van der Waals surface area contributed by atoms with E-state index in [0.717, 1.165) is 7.11 Å². The van der Waals surface area contributed by atoms with Gasteiger partial charge in [-0.1, -0.05) is 4.89 Å². The molecular formula is C5H10N2O6S. The fourth-order valence-corrected chi connectivity index (χ4v) is 1.16. The van der Waals surface area contributed by atoms with Crippen molar-refractivity contribution < 1.29 is 27.6 Å². The fraction of sp³-hybridized carbons (Fsp3) is 0.600. The Hall–Kier alpha value is -1.19. The van der Waals surface area contributed by atoms with Gasteiger partial charge in [0.15, 0.2) is 5.75 Å². The van der Waals surface area contributed by atoms with Crippen LogP contribution in [-0.2, 0) is 29.2 Å². The Bertz CT molecular complexity index is 310. The number of hydrogen-bond donors (Lipinski definition) is 2. The number of hydrogen-bond acceptors (Lipinski definition) is 6. The van der Waals surface area contributed by atoms with Gasteiger partial charge in [0.25, 0.3) is 0 Å². The van der Waals surface area contributed by atoms with E-state index in [2.05, 4.69) is 15.3 Å². The molecule has 0 spiro atoms. The summed E-state index contributed by atoms with van der Waals surface area (Å²) in [6.45, 7) is -0.611. The van der Waals surface area contributed by atoms with E-state index in [1.165, 1.54) is 4.89 Å². The first-order chi connectivity index (χ1) is 6.37. The third-order valence-electron chi connectivity index (χ3n) is 0.936. The van der Waals surface area contributed by atoms with Crippen LogP contribution in [0.25, 0.3) is 0 Å². The Morgan fingerprint density at radius 2 is 2.00 bits per heavy atom. The predicted octanol–water partition coefficient (Wildman–Crippen LogP) is -2.50. The molecule has 1 amide bonds. The maximum atomic E-state index is 10.9. The minimum atomic E-state index is -3.94. The van der Waals surface area contributed by atoms with Gasteiger partial charge in [-0.15, -0.1) is 0 Å². The molecule has 0 aromatic carbocycles. The van der Waals surface area contributed by atoms with E-state index in [0.29, 0.717) is 0 Å². The molecule has 0 heterocycles. The van der Waals surface area contributed by atoms with Crippen molar-refractivity contribution in [3.05, 3.63) is 0 Å². The van der Waals surface area contributed by atoms with Crippen LogP contribution < -0.4 is 10.6 Å². The lowest BCUT2D eigenvalue weighted by atomic mass is 10.7. The first kappa shape index (κ1) is 12.8. The molecule has 0 atom stereocenters. The molecule has 0 bridgehead atoms. The molecule has 0 rings (SSSR count). The van der Waals surface area contributed by atoms with Crippen LogP contribution in [0.4, 0.5) is 0 Å². The highest BCUT2D eigenvalue weighted by atomic mass is 32.2. The van der Waals surface area contributed by atoms with Crippen molar-refractivity contribution in [2.24, 2.45) is 5.73 Å². The van der Waals surface area contributed by atoms with Crippen molar-refractivity contribution in [3.8, 4) is 0 Å². The lowest BCUT2D eigenvalue weighted by Gasteiger charge is -2.03. The predicted molar refractivity (Wildman–Crippen MR) is 44.1 cm³/mol. The van der Waals surface area contributed by atoms with Crippen molar-refractivity contribution >= 4 is 21.9 Å². The highest BCUT2D eigenvalue weighted by Gasteiger charge is 2.16. The molecule has 3 N–H and O–H groups in total. The molecule has 0 radical (unpaired) electrons. The van der Waals surface area contributed by atoms with Crippen LogP contribution in [0.15, 0.2) is 0 Å². The molecular weight excluding hydrogens is 216 g/mol. The van der Waals surface area contributed by atoms with Gasteiger partial charge in [0.1, 0.15) is 6.61 Å². The number of amides is 1. The van der Waals surface area contributed by atoms with E-state index in [-0.39, 0.29) is 0 Å². The molecule has 82 valence electrons. The summed E-state index contributed by atoms with van der Waals surface area (Å²) in [5, 5.41) is 0. The maximum absolute atomic E-state index is 10.9. The highest BCUT2D eigenvalue weighted by molar-refractivity contribution is 7.90. The van der Waals surface area contributed by atoms with Gasteiger partial charge in [-0.2, -0.15) is 0 Å². The van der Waals surface area contributed by atoms with E-state index in [1.54, 1.807) is 0 Å². The van der Waals surface area contributed by atoms with Gasteiger partial charge in [0, 0.05) is 0 Å². The van der Waals surface area contributed by atoms with Crippen molar-refractivity contribution in [1.82, 2.24) is 4.89 Å². The minimum Gasteiger partial charge on any atom is -0.468 e. The molecule has 0 unspecified atom stereocenters. The Balaban J connectivity index is 3.96. The summed E-state index contributed by atoms with van der Waals surface area (Å²) >= 11 is 0. The van der Waals surface area contributed by atoms with Gasteiger partial charge in [-0.05, 0) is 0 Å². The molecule has 0 aromatic rings. The Morgan fingerprint density at radius 3 is 2.43 bits per heavy atom. The standard InChI is InChI=1S/C5H10N2O6S/c1-12-5(9)3-14(10,11)7-13-2-4(6)8/h7H,2-3H2,1H3,(H2,6,8). The quantitative estimate of drug-likeness (QED) is 0.381. The SMILES string of the molecule is COC(=O)CS(=O)(=O)NOCC(N)=O. The van der Waals surface area contributed by atoms with Crippen LogP contribution in [0.5, 0.6) is 0 Å². The largest absolute Gasteiger partial charge is 0.468 e. The second-order valence-electron chi connectivity index (χ2n) is 2.17. The Morgan fingerprint density at radius 1 is 1.43 bits per heavy atom. The molecule has 0 aliphatic rings. The average molecular weight is 226 g/mol. The summed E-state index contributed by atoms with van der Waals surface area (Å²) in [6, 6.07) is 0. The smallest absolute Gasteiger partial charge is 0.322 e. The zero-order chi connectivity index (χ0) is 11.2. The number of esters is 1. The van der Waals surface area contributed by atoms with E-state index >= 15 is 0 Å². The Labute approximate surface area is 80.4 Å². The van der Waals surface area contributed by atoms with Gasteiger partial charge in [0.2, 0.25) is 15.9 Å². The molecule has 0 saturated carbocycles. The van der Waals surface area contributed by atoms with Gasteiger partial charge in [-0.3, -0.25) is 14.4 Å². The summed E-state index contributed by atoms with van der Waals surface area (Å²) in [7, 11) is -2.90. The summed E-state index contributed by atoms with van der Waals surface area (Å²) in [6.07, 6.45) is 0. The van der Waals surface area contributed by atoms with Crippen molar-refractivity contribution in [2.45, 2.75) is 0 Å². The van der Waals surface area contributed by atoms with E-state index in [4.69, 9.17) is 0 Å². The highest BCUT2D eigenvalue weighted by Crippen LogP contribution is 1.86. The number of ether oxygens (including phenoxy) is 1. The van der Waals surface area contributed by atoms with Gasteiger partial charge < -0.3 is 10.5 Å². The lowest BCUT2D eigenvalue weighted by Crippen LogP contribution is -2.33. The first-order valence-electron chi connectivity index (χ1n) is 3.34. The number of nitrogens with two attached hydrogens (primary N) is 1. The van der Waals surface area contributed by atoms with E-state index in [9.17, 15) is 18.0 Å². The van der Waals surface area contributed by atoms with Crippen molar-refractivity contribution in [2.75, 3.05) is 19.5 Å². The number of nitrogens with one attached hydrogen (secondary N) is 1. The number of rotatable bonds is 6. The zero-order valence-corrected chi connectivity index (χ0v) is 8.17. The molecule has 0 aliphatic heterocycles. The molecule has 0 aromatic heterocycles. The van der Waals surface area contributed by atoms with E-state index in [1.807, 2.05) is 0 Å². The topological polar surface area (TPSA) is 125 Å². The number of carbonyl (C=O) groups is 2. The Kier molecular flexibility index (Phi) is 5.05. The van der Waals surface area contributed by atoms with E-state index < -0.39 is 34.3 Å². The van der Waals surface area contributed by atoms with Crippen LogP contribution in [0.1, 0.15) is 0 Å². The molecule has 0 saturated heterocycles. The third-order valence-corrected chi connectivity index (χ3v) is 1.92.